The van der Waals surface area contributed by atoms with Crippen molar-refractivity contribution < 1.29 is 23.9 Å². The van der Waals surface area contributed by atoms with E-state index in [1.54, 1.807) is 61.7 Å². The lowest BCUT2D eigenvalue weighted by molar-refractivity contribution is -0.132. The Kier molecular flexibility index (Phi) is 5.63. The molecule has 0 radical (unpaired) electrons. The standard InChI is InChI=1S/C29H21NO5/c1-34-21-14-10-19(11-15-21)26-25(27(31)20-12-16-22(35-2)17-13-20)28(32)29(33)30(26)24-9-5-7-18-6-3-4-8-23(18)24/h3-17H,1-2H3. The third-order valence-corrected chi connectivity index (χ3v) is 6.04. The lowest BCUT2D eigenvalue weighted by Crippen LogP contribution is -2.28. The van der Waals surface area contributed by atoms with Gasteiger partial charge in [0, 0.05) is 10.9 Å². The van der Waals surface area contributed by atoms with Crippen LogP contribution >= 0.6 is 0 Å². The van der Waals surface area contributed by atoms with E-state index in [2.05, 4.69) is 0 Å². The zero-order valence-corrected chi connectivity index (χ0v) is 19.1. The van der Waals surface area contributed by atoms with E-state index in [9.17, 15) is 14.4 Å². The van der Waals surface area contributed by atoms with Crippen LogP contribution in [0, 0.1) is 0 Å². The average molecular weight is 463 g/mol. The summed E-state index contributed by atoms with van der Waals surface area (Å²) >= 11 is 0. The Hall–Kier alpha value is -4.71. The highest BCUT2D eigenvalue weighted by Gasteiger charge is 2.43. The van der Waals surface area contributed by atoms with E-state index in [0.717, 1.165) is 10.8 Å². The number of nitrogens with zero attached hydrogens (tertiary/aromatic N) is 1. The number of ether oxygens (including phenoxy) is 2. The average Bonchev–Trinajstić information content (AvgIpc) is 3.18. The predicted octanol–water partition coefficient (Wildman–Crippen LogP) is 5.07. The summed E-state index contributed by atoms with van der Waals surface area (Å²) in [5, 5.41) is 1.70. The minimum atomic E-state index is -0.843. The number of hydrogen-bond acceptors (Lipinski definition) is 5. The van der Waals surface area contributed by atoms with E-state index in [-0.39, 0.29) is 16.8 Å². The van der Waals surface area contributed by atoms with Crippen molar-refractivity contribution in [1.82, 2.24) is 0 Å². The SMILES string of the molecule is COc1ccc(C(=O)C2=C(c3ccc(OC)cc3)N(c3cccc4ccccc34)C(=O)C2=O)cc1. The number of hydrogen-bond donors (Lipinski definition) is 0. The van der Waals surface area contributed by atoms with Crippen LogP contribution in [0.5, 0.6) is 11.5 Å². The summed E-state index contributed by atoms with van der Waals surface area (Å²) in [6.07, 6.45) is 0. The van der Waals surface area contributed by atoms with Crippen molar-refractivity contribution in [3.05, 3.63) is 108 Å². The minimum absolute atomic E-state index is 0.168. The molecule has 0 aliphatic carbocycles. The van der Waals surface area contributed by atoms with Crippen molar-refractivity contribution in [2.75, 3.05) is 19.1 Å². The summed E-state index contributed by atoms with van der Waals surface area (Å²) in [6.45, 7) is 0. The van der Waals surface area contributed by atoms with Crippen LogP contribution in [0.25, 0.3) is 16.5 Å². The van der Waals surface area contributed by atoms with Gasteiger partial charge in [-0.25, -0.2) is 0 Å². The van der Waals surface area contributed by atoms with Gasteiger partial charge in [0.1, 0.15) is 17.1 Å². The normalized spacial score (nSPS) is 13.5. The molecule has 172 valence electrons. The van der Waals surface area contributed by atoms with Gasteiger partial charge >= 0.3 is 5.91 Å². The number of fused-ring (bicyclic) bond motifs is 1. The molecule has 1 amide bonds. The van der Waals surface area contributed by atoms with Gasteiger partial charge in [0.25, 0.3) is 5.78 Å². The third kappa shape index (κ3) is 3.75. The molecule has 0 atom stereocenters. The van der Waals surface area contributed by atoms with E-state index in [1.165, 1.54) is 12.0 Å². The van der Waals surface area contributed by atoms with Crippen LogP contribution in [-0.2, 0) is 9.59 Å². The van der Waals surface area contributed by atoms with Crippen LogP contribution in [-0.4, -0.2) is 31.7 Å². The molecule has 0 N–H and O–H groups in total. The molecule has 35 heavy (non-hydrogen) atoms. The number of methoxy groups -OCH3 is 2. The maximum absolute atomic E-state index is 13.6. The molecule has 0 bridgehead atoms. The fraction of sp³-hybridized carbons (Fsp3) is 0.0690. The van der Waals surface area contributed by atoms with Gasteiger partial charge in [-0.2, -0.15) is 0 Å². The highest BCUT2D eigenvalue weighted by Crippen LogP contribution is 2.40. The van der Waals surface area contributed by atoms with Crippen LogP contribution in [0.15, 0.2) is 96.6 Å². The second-order valence-corrected chi connectivity index (χ2v) is 7.98. The van der Waals surface area contributed by atoms with Gasteiger partial charge in [0.15, 0.2) is 5.78 Å². The first-order valence-electron chi connectivity index (χ1n) is 11.0. The van der Waals surface area contributed by atoms with Crippen molar-refractivity contribution in [3.63, 3.8) is 0 Å². The lowest BCUT2D eigenvalue weighted by Gasteiger charge is -2.22. The van der Waals surface area contributed by atoms with Gasteiger partial charge in [-0.3, -0.25) is 19.3 Å². The van der Waals surface area contributed by atoms with E-state index in [4.69, 9.17) is 9.47 Å². The Morgan fingerprint density at radius 3 is 1.97 bits per heavy atom. The first-order valence-corrected chi connectivity index (χ1v) is 11.0. The Bertz CT molecular complexity index is 1500. The topological polar surface area (TPSA) is 72.9 Å². The summed E-state index contributed by atoms with van der Waals surface area (Å²) in [7, 11) is 3.08. The quantitative estimate of drug-likeness (QED) is 0.227. The summed E-state index contributed by atoms with van der Waals surface area (Å²) in [6, 6.07) is 26.5. The maximum Gasteiger partial charge on any atom is 0.304 e. The molecule has 5 rings (SSSR count). The van der Waals surface area contributed by atoms with Crippen LogP contribution in [0.2, 0.25) is 0 Å². The van der Waals surface area contributed by atoms with Crippen molar-refractivity contribution in [2.24, 2.45) is 0 Å². The van der Waals surface area contributed by atoms with Crippen molar-refractivity contribution >= 4 is 39.6 Å². The fourth-order valence-electron chi connectivity index (χ4n) is 4.28. The molecule has 4 aromatic rings. The lowest BCUT2D eigenvalue weighted by atomic mass is 9.97. The van der Waals surface area contributed by atoms with E-state index in [0.29, 0.717) is 22.7 Å². The number of amides is 1. The van der Waals surface area contributed by atoms with Crippen LogP contribution in [0.4, 0.5) is 5.69 Å². The first kappa shape index (κ1) is 22.1. The number of carbonyl (C=O) groups is 3. The smallest absolute Gasteiger partial charge is 0.304 e. The Labute approximate surface area is 202 Å². The summed E-state index contributed by atoms with van der Waals surface area (Å²) < 4.78 is 10.4. The zero-order chi connectivity index (χ0) is 24.5. The van der Waals surface area contributed by atoms with E-state index >= 15 is 0 Å². The van der Waals surface area contributed by atoms with Crippen LogP contribution in [0.3, 0.4) is 0 Å². The van der Waals surface area contributed by atoms with Gasteiger partial charge in [0.05, 0.1) is 25.6 Å². The summed E-state index contributed by atoms with van der Waals surface area (Å²) in [4.78, 5) is 41.8. The second-order valence-electron chi connectivity index (χ2n) is 7.98. The molecule has 0 fully saturated rings. The monoisotopic (exact) mass is 463 g/mol. The van der Waals surface area contributed by atoms with E-state index < -0.39 is 17.5 Å². The summed E-state index contributed by atoms with van der Waals surface area (Å²) in [5.74, 6) is -0.949. The predicted molar refractivity (Wildman–Crippen MR) is 134 cm³/mol. The molecule has 1 heterocycles. The molecule has 0 saturated heterocycles. The zero-order valence-electron chi connectivity index (χ0n) is 19.1. The molecule has 1 aliphatic heterocycles. The summed E-state index contributed by atoms with van der Waals surface area (Å²) in [5.41, 5.74) is 1.45. The molecule has 0 spiro atoms. The Morgan fingerprint density at radius 1 is 0.714 bits per heavy atom. The maximum atomic E-state index is 13.6. The molecular formula is C29H21NO5. The van der Waals surface area contributed by atoms with Crippen molar-refractivity contribution in [1.29, 1.82) is 0 Å². The molecule has 0 unspecified atom stereocenters. The van der Waals surface area contributed by atoms with Crippen molar-refractivity contribution in [2.45, 2.75) is 0 Å². The Morgan fingerprint density at radius 2 is 1.31 bits per heavy atom. The molecule has 6 nitrogen and oxygen atoms in total. The van der Waals surface area contributed by atoms with Gasteiger partial charge < -0.3 is 9.47 Å². The second kappa shape index (κ2) is 8.91. The molecule has 0 saturated carbocycles. The third-order valence-electron chi connectivity index (χ3n) is 6.04. The molecule has 4 aromatic carbocycles. The molecule has 1 aliphatic rings. The molecule has 6 heteroatoms. The number of Topliss-reactive ketones (excluding diaryl/α,β-unsaturated/α-hetero) is 2. The number of benzene rings is 4. The van der Waals surface area contributed by atoms with Crippen LogP contribution in [0.1, 0.15) is 15.9 Å². The molecule has 0 aromatic heterocycles. The Balaban J connectivity index is 1.75. The minimum Gasteiger partial charge on any atom is -0.497 e. The largest absolute Gasteiger partial charge is 0.497 e. The van der Waals surface area contributed by atoms with Crippen molar-refractivity contribution in [3.8, 4) is 11.5 Å². The van der Waals surface area contributed by atoms with Gasteiger partial charge in [0.2, 0.25) is 0 Å². The number of rotatable bonds is 6. The first-order chi connectivity index (χ1) is 17.0. The number of anilines is 1. The highest BCUT2D eigenvalue weighted by molar-refractivity contribution is 6.61. The van der Waals surface area contributed by atoms with Gasteiger partial charge in [-0.05, 0) is 65.5 Å². The number of ketones is 2. The van der Waals surface area contributed by atoms with Gasteiger partial charge in [-0.1, -0.05) is 36.4 Å². The van der Waals surface area contributed by atoms with Crippen LogP contribution < -0.4 is 14.4 Å². The molecular weight excluding hydrogens is 442 g/mol. The fourth-order valence-corrected chi connectivity index (χ4v) is 4.28. The highest BCUT2D eigenvalue weighted by atomic mass is 16.5. The van der Waals surface area contributed by atoms with Gasteiger partial charge in [-0.15, -0.1) is 0 Å². The van der Waals surface area contributed by atoms with E-state index in [1.807, 2.05) is 36.4 Å². The number of carbonyl (C=O) groups excluding carboxylic acids is 3.